The van der Waals surface area contributed by atoms with Gasteiger partial charge in [0, 0.05) is 30.6 Å². The number of fused-ring (bicyclic) bond motifs is 1. The zero-order valence-electron chi connectivity index (χ0n) is 17.0. The predicted octanol–water partition coefficient (Wildman–Crippen LogP) is -0.0263. The van der Waals surface area contributed by atoms with Gasteiger partial charge in [-0.2, -0.15) is 0 Å². The zero-order chi connectivity index (χ0) is 23.5. The van der Waals surface area contributed by atoms with Crippen LogP contribution >= 0.6 is 0 Å². The molecule has 0 spiro atoms. The van der Waals surface area contributed by atoms with Crippen LogP contribution < -0.4 is 27.6 Å². The molecule has 0 radical (unpaired) electrons. The molecule has 1 aromatic heterocycles. The number of nitrogens with one attached hydrogen (secondary N) is 1. The van der Waals surface area contributed by atoms with E-state index in [1.807, 2.05) is 4.98 Å². The Hall–Kier alpha value is -2.12. The highest BCUT2D eigenvalue weighted by Gasteiger charge is 2.47. The first-order chi connectivity index (χ1) is 14.9. The van der Waals surface area contributed by atoms with Gasteiger partial charge >= 0.3 is 12.1 Å². The molecule has 32 heavy (non-hydrogen) atoms. The lowest BCUT2D eigenvalue weighted by molar-refractivity contribution is -0.344. The van der Waals surface area contributed by atoms with Gasteiger partial charge in [0.05, 0.1) is 22.7 Å². The van der Waals surface area contributed by atoms with Gasteiger partial charge in [0.1, 0.15) is 6.17 Å². The third kappa shape index (κ3) is 3.90. The zero-order valence-corrected chi connectivity index (χ0v) is 17.0. The Balaban J connectivity index is 1.89. The molecule has 4 unspecified atom stereocenters. The minimum atomic E-state index is -4.94. The molecule has 4 rings (SSSR count). The second-order valence-corrected chi connectivity index (χ2v) is 8.42. The van der Waals surface area contributed by atoms with Crippen LogP contribution in [-0.4, -0.2) is 65.2 Å². The summed E-state index contributed by atoms with van der Waals surface area (Å²) in [5.41, 5.74) is 2.73. The van der Waals surface area contributed by atoms with Crippen LogP contribution in [0, 0.1) is 5.92 Å². The Morgan fingerprint density at radius 3 is 2.41 bits per heavy atom. The van der Waals surface area contributed by atoms with Gasteiger partial charge in [-0.3, -0.25) is 24.0 Å². The standard InChI is InChI=1S/C19H22F6N4O3/c1-7-14-12(17(30)27-18(31)29(14)9-2-3-9)11(16(21)22)13(20)15(7)28-5-8(4-26)10(6-28)32-19(23,24)25/h8-10,13,15-16H,2-6,26H2,1H3,(H,27,30,31). The fourth-order valence-electron chi connectivity index (χ4n) is 4.87. The number of hydrogen-bond donors (Lipinski definition) is 2. The van der Waals surface area contributed by atoms with E-state index < -0.39 is 65.6 Å². The Bertz CT molecular complexity index is 1140. The molecular weight excluding hydrogens is 446 g/mol. The van der Waals surface area contributed by atoms with Crippen LogP contribution in [0.15, 0.2) is 9.59 Å². The minimum absolute atomic E-state index is 0.0834. The number of hydrogen-bond acceptors (Lipinski definition) is 5. The first kappa shape index (κ1) is 23.1. The normalized spacial score (nSPS) is 29.2. The summed E-state index contributed by atoms with van der Waals surface area (Å²) in [5, 5.41) is -0.662. The molecule has 1 saturated heterocycles. The van der Waals surface area contributed by atoms with Crippen LogP contribution in [0.1, 0.15) is 25.8 Å². The van der Waals surface area contributed by atoms with Gasteiger partial charge in [0.15, 0.2) is 0 Å². The molecule has 3 N–H and O–H groups in total. The van der Waals surface area contributed by atoms with Crippen molar-refractivity contribution in [1.82, 2.24) is 14.5 Å². The van der Waals surface area contributed by atoms with Crippen LogP contribution in [0.2, 0.25) is 0 Å². The molecule has 178 valence electrons. The number of H-pyrrole nitrogens is 1. The third-order valence-electron chi connectivity index (χ3n) is 6.36. The summed E-state index contributed by atoms with van der Waals surface area (Å²) in [5.74, 6) is -0.808. The smallest absolute Gasteiger partial charge is 0.330 e. The first-order valence-corrected chi connectivity index (χ1v) is 10.1. The van der Waals surface area contributed by atoms with Gasteiger partial charge in [-0.15, -0.1) is 13.2 Å². The topological polar surface area (TPSA) is 93.4 Å². The Morgan fingerprint density at radius 2 is 1.88 bits per heavy atom. The predicted molar refractivity (Wildman–Crippen MR) is 101 cm³/mol. The molecule has 0 amide bonds. The maximum absolute atomic E-state index is 15.6. The number of rotatable bonds is 5. The van der Waals surface area contributed by atoms with E-state index in [1.165, 1.54) is 16.4 Å². The van der Waals surface area contributed by atoms with Gasteiger partial charge in [0.25, 0.3) is 12.0 Å². The molecule has 0 aromatic carbocycles. The molecule has 0 bridgehead atoms. The van der Waals surface area contributed by atoms with Gasteiger partial charge < -0.3 is 5.73 Å². The molecule has 1 aliphatic heterocycles. The number of halogens is 6. The van der Waals surface area contributed by atoms with E-state index >= 15 is 4.39 Å². The van der Waals surface area contributed by atoms with Crippen molar-refractivity contribution in [3.63, 3.8) is 0 Å². The highest BCUT2D eigenvalue weighted by Crippen LogP contribution is 2.36. The molecule has 4 atom stereocenters. The van der Waals surface area contributed by atoms with E-state index in [4.69, 9.17) is 5.73 Å². The number of likely N-dealkylation sites (tertiary alicyclic amines) is 1. The quantitative estimate of drug-likeness (QED) is 0.593. The molecule has 2 aliphatic carbocycles. The first-order valence-electron chi connectivity index (χ1n) is 10.1. The summed E-state index contributed by atoms with van der Waals surface area (Å²) in [4.78, 5) is 28.2. The van der Waals surface area contributed by atoms with Crippen LogP contribution in [0.5, 0.6) is 0 Å². The van der Waals surface area contributed by atoms with Crippen molar-refractivity contribution in [3.05, 3.63) is 31.4 Å². The van der Waals surface area contributed by atoms with E-state index in [0.717, 1.165) is 0 Å². The molecule has 1 aromatic rings. The number of aromatic nitrogens is 2. The van der Waals surface area contributed by atoms with E-state index in [1.54, 1.807) is 0 Å². The van der Waals surface area contributed by atoms with Crippen LogP contribution in [0.3, 0.4) is 0 Å². The van der Waals surface area contributed by atoms with Crippen molar-refractivity contribution in [3.8, 4) is 0 Å². The molecule has 7 nitrogen and oxygen atoms in total. The molecule has 2 heterocycles. The maximum atomic E-state index is 15.6. The summed E-state index contributed by atoms with van der Waals surface area (Å²) in [6, 6.07) is -1.72. The summed E-state index contributed by atoms with van der Waals surface area (Å²) in [7, 11) is 0. The Morgan fingerprint density at radius 1 is 1.22 bits per heavy atom. The van der Waals surface area contributed by atoms with E-state index in [2.05, 4.69) is 4.74 Å². The monoisotopic (exact) mass is 468 g/mol. The molecule has 1 saturated carbocycles. The van der Waals surface area contributed by atoms with Crippen molar-refractivity contribution in [2.24, 2.45) is 11.7 Å². The Labute approximate surface area is 177 Å². The number of alkyl halides is 6. The highest BCUT2D eigenvalue weighted by molar-refractivity contribution is 5.65. The maximum Gasteiger partial charge on any atom is 0.522 e. The lowest BCUT2D eigenvalue weighted by atomic mass is 9.89. The fraction of sp³-hybridized carbons (Fsp3) is 0.684. The van der Waals surface area contributed by atoms with Gasteiger partial charge in [-0.25, -0.2) is 18.0 Å². The van der Waals surface area contributed by atoms with E-state index in [0.29, 0.717) is 12.8 Å². The molecule has 2 fully saturated rings. The molecule has 3 aliphatic rings. The van der Waals surface area contributed by atoms with E-state index in [9.17, 15) is 31.5 Å². The lowest BCUT2D eigenvalue weighted by Crippen LogP contribution is -2.62. The molecule has 13 heteroatoms. The fourth-order valence-corrected chi connectivity index (χ4v) is 4.87. The lowest BCUT2D eigenvalue weighted by Gasteiger charge is -2.35. The van der Waals surface area contributed by atoms with Crippen molar-refractivity contribution in [2.75, 3.05) is 19.6 Å². The number of aromatic amines is 1. The Kier molecular flexibility index (Phi) is 5.78. The van der Waals surface area contributed by atoms with Crippen molar-refractivity contribution >= 4 is 11.1 Å². The average Bonchev–Trinajstić information content (AvgIpc) is 3.42. The van der Waals surface area contributed by atoms with Gasteiger partial charge in [-0.1, -0.05) is 0 Å². The van der Waals surface area contributed by atoms with Crippen LogP contribution in [0.4, 0.5) is 26.3 Å². The largest absolute Gasteiger partial charge is 0.522 e. The van der Waals surface area contributed by atoms with Gasteiger partial charge in [-0.05, 0) is 31.9 Å². The second-order valence-electron chi connectivity index (χ2n) is 8.42. The van der Waals surface area contributed by atoms with Crippen molar-refractivity contribution < 1.29 is 31.1 Å². The van der Waals surface area contributed by atoms with Crippen LogP contribution in [0.25, 0.3) is 11.1 Å². The number of ether oxygens (including phenoxy) is 1. The minimum Gasteiger partial charge on any atom is -0.330 e. The van der Waals surface area contributed by atoms with Crippen molar-refractivity contribution in [2.45, 2.75) is 56.9 Å². The number of nitrogens with zero attached hydrogens (tertiary/aromatic N) is 2. The SMILES string of the molecule is CC1=c2c(c(=O)[nH]c(=O)n2C2CC2)=C(C(F)F)C(F)C1N1CC(CN)C(OC(F)(F)F)C1. The van der Waals surface area contributed by atoms with Crippen molar-refractivity contribution in [1.29, 1.82) is 0 Å². The van der Waals surface area contributed by atoms with Gasteiger partial charge in [0.2, 0.25) is 0 Å². The third-order valence-corrected chi connectivity index (χ3v) is 6.36. The van der Waals surface area contributed by atoms with E-state index in [-0.39, 0.29) is 30.1 Å². The highest BCUT2D eigenvalue weighted by atomic mass is 19.4. The number of nitrogens with two attached hydrogens (primary N) is 1. The average molecular weight is 468 g/mol. The summed E-state index contributed by atoms with van der Waals surface area (Å²) >= 11 is 0. The summed E-state index contributed by atoms with van der Waals surface area (Å²) in [6.45, 7) is 0.703. The summed E-state index contributed by atoms with van der Waals surface area (Å²) < 4.78 is 87.2. The van der Waals surface area contributed by atoms with Crippen LogP contribution in [-0.2, 0) is 4.74 Å². The summed E-state index contributed by atoms with van der Waals surface area (Å²) in [6.07, 6.45) is -10.9. The second kappa shape index (κ2) is 8.03. The molecular formula is C19H22F6N4O3.